The van der Waals surface area contributed by atoms with Crippen molar-refractivity contribution in [2.24, 2.45) is 11.1 Å². The molecule has 0 amide bonds. The summed E-state index contributed by atoms with van der Waals surface area (Å²) in [6.45, 7) is 4.16. The standard InChI is InChI=1S/C12H17NO3/c1-12(2)9(11(12)13)6-4-7(14)10(15)8(5-6)16-3/h4-5,9,11,14-15H,13H2,1-3H3. The van der Waals surface area contributed by atoms with E-state index in [1.807, 2.05) is 0 Å². The van der Waals surface area contributed by atoms with Gasteiger partial charge in [-0.05, 0) is 23.1 Å². The summed E-state index contributed by atoms with van der Waals surface area (Å²) in [6, 6.07) is 3.37. The fourth-order valence-electron chi connectivity index (χ4n) is 2.26. The van der Waals surface area contributed by atoms with E-state index in [1.54, 1.807) is 12.1 Å². The highest BCUT2D eigenvalue weighted by Crippen LogP contribution is 2.58. The van der Waals surface area contributed by atoms with E-state index in [4.69, 9.17) is 10.5 Å². The van der Waals surface area contributed by atoms with Crippen LogP contribution in [0.1, 0.15) is 25.3 Å². The Morgan fingerprint density at radius 2 is 1.88 bits per heavy atom. The van der Waals surface area contributed by atoms with Gasteiger partial charge in [0.1, 0.15) is 0 Å². The zero-order chi connectivity index (χ0) is 12.1. The lowest BCUT2D eigenvalue weighted by Gasteiger charge is -2.09. The molecule has 0 aromatic heterocycles. The van der Waals surface area contributed by atoms with Gasteiger partial charge in [0.15, 0.2) is 11.5 Å². The third kappa shape index (κ3) is 1.41. The monoisotopic (exact) mass is 223 g/mol. The second kappa shape index (κ2) is 3.28. The molecule has 4 heteroatoms. The highest BCUT2D eigenvalue weighted by molar-refractivity contribution is 5.54. The Kier molecular flexibility index (Phi) is 2.27. The zero-order valence-corrected chi connectivity index (χ0v) is 9.69. The molecule has 4 N–H and O–H groups in total. The number of methoxy groups -OCH3 is 1. The third-order valence-corrected chi connectivity index (χ3v) is 3.57. The lowest BCUT2D eigenvalue weighted by atomic mass is 10.0. The first-order valence-electron chi connectivity index (χ1n) is 5.25. The number of rotatable bonds is 2. The van der Waals surface area contributed by atoms with E-state index in [1.165, 1.54) is 7.11 Å². The minimum atomic E-state index is -0.224. The molecule has 0 aliphatic heterocycles. The topological polar surface area (TPSA) is 75.7 Å². The van der Waals surface area contributed by atoms with Crippen molar-refractivity contribution in [1.29, 1.82) is 0 Å². The van der Waals surface area contributed by atoms with E-state index in [0.717, 1.165) is 5.56 Å². The molecule has 0 heterocycles. The minimum absolute atomic E-state index is 0.0361. The van der Waals surface area contributed by atoms with Crippen LogP contribution in [0.25, 0.3) is 0 Å². The van der Waals surface area contributed by atoms with Gasteiger partial charge < -0.3 is 20.7 Å². The van der Waals surface area contributed by atoms with Crippen molar-refractivity contribution < 1.29 is 14.9 Å². The Labute approximate surface area is 94.7 Å². The van der Waals surface area contributed by atoms with Gasteiger partial charge in [-0.3, -0.25) is 0 Å². The second-order valence-corrected chi connectivity index (χ2v) is 4.92. The summed E-state index contributed by atoms with van der Waals surface area (Å²) in [5, 5.41) is 19.1. The van der Waals surface area contributed by atoms with Crippen molar-refractivity contribution >= 4 is 0 Å². The van der Waals surface area contributed by atoms with Crippen LogP contribution in [0, 0.1) is 5.41 Å². The van der Waals surface area contributed by atoms with Crippen LogP contribution in [-0.2, 0) is 0 Å². The van der Waals surface area contributed by atoms with E-state index in [9.17, 15) is 10.2 Å². The molecule has 1 saturated carbocycles. The molecule has 88 valence electrons. The number of nitrogens with two attached hydrogens (primary N) is 1. The van der Waals surface area contributed by atoms with Crippen LogP contribution >= 0.6 is 0 Å². The number of phenolic OH excluding ortho intramolecular Hbond substituents is 2. The number of phenols is 2. The van der Waals surface area contributed by atoms with Gasteiger partial charge >= 0.3 is 0 Å². The summed E-state index contributed by atoms with van der Waals surface area (Å²) < 4.78 is 5.00. The molecule has 4 nitrogen and oxygen atoms in total. The van der Waals surface area contributed by atoms with E-state index >= 15 is 0 Å². The number of aromatic hydroxyl groups is 2. The molecule has 0 radical (unpaired) electrons. The maximum atomic E-state index is 9.57. The molecule has 1 aliphatic carbocycles. The molecule has 2 unspecified atom stereocenters. The van der Waals surface area contributed by atoms with Crippen molar-refractivity contribution in [2.45, 2.75) is 25.8 Å². The maximum Gasteiger partial charge on any atom is 0.200 e. The predicted molar refractivity (Wildman–Crippen MR) is 60.8 cm³/mol. The fourth-order valence-corrected chi connectivity index (χ4v) is 2.26. The molecular weight excluding hydrogens is 206 g/mol. The maximum absolute atomic E-state index is 9.57. The third-order valence-electron chi connectivity index (χ3n) is 3.57. The van der Waals surface area contributed by atoms with Gasteiger partial charge in [-0.15, -0.1) is 0 Å². The summed E-state index contributed by atoms with van der Waals surface area (Å²) in [5.74, 6) is 0.0975. The molecule has 1 fully saturated rings. The van der Waals surface area contributed by atoms with E-state index in [2.05, 4.69) is 13.8 Å². The van der Waals surface area contributed by atoms with E-state index in [0.29, 0.717) is 0 Å². The van der Waals surface area contributed by atoms with Gasteiger partial charge in [0.2, 0.25) is 5.75 Å². The van der Waals surface area contributed by atoms with Gasteiger partial charge in [0, 0.05) is 12.0 Å². The smallest absolute Gasteiger partial charge is 0.200 e. The largest absolute Gasteiger partial charge is 0.504 e. The van der Waals surface area contributed by atoms with Crippen molar-refractivity contribution in [3.05, 3.63) is 17.7 Å². The van der Waals surface area contributed by atoms with Crippen molar-refractivity contribution in [3.8, 4) is 17.2 Å². The Bertz CT molecular complexity index is 429. The lowest BCUT2D eigenvalue weighted by Crippen LogP contribution is -2.06. The molecule has 2 rings (SSSR count). The molecule has 0 bridgehead atoms. The summed E-state index contributed by atoms with van der Waals surface area (Å²) >= 11 is 0. The molecule has 1 aliphatic rings. The molecule has 16 heavy (non-hydrogen) atoms. The summed E-state index contributed by atoms with van der Waals surface area (Å²) in [4.78, 5) is 0. The summed E-state index contributed by atoms with van der Waals surface area (Å²) in [7, 11) is 1.45. The highest BCUT2D eigenvalue weighted by Gasteiger charge is 2.56. The van der Waals surface area contributed by atoms with Crippen LogP contribution in [0.3, 0.4) is 0 Å². The molecular formula is C12H17NO3. The molecule has 0 saturated heterocycles. The van der Waals surface area contributed by atoms with Gasteiger partial charge in [0.25, 0.3) is 0 Å². The Morgan fingerprint density at radius 3 is 2.31 bits per heavy atom. The molecule has 1 aromatic carbocycles. The quantitative estimate of drug-likeness (QED) is 0.665. The molecule has 0 spiro atoms. The average molecular weight is 223 g/mol. The SMILES string of the molecule is COc1cc(C2C(N)C2(C)C)cc(O)c1O. The van der Waals surface area contributed by atoms with Crippen LogP contribution in [0.5, 0.6) is 17.2 Å². The predicted octanol–water partition coefficient (Wildman–Crippen LogP) is 1.56. The lowest BCUT2D eigenvalue weighted by molar-refractivity contribution is 0.350. The van der Waals surface area contributed by atoms with Crippen LogP contribution < -0.4 is 10.5 Å². The number of ether oxygens (including phenoxy) is 1. The summed E-state index contributed by atoms with van der Waals surface area (Å²) in [5.41, 5.74) is 6.91. The van der Waals surface area contributed by atoms with Crippen molar-refractivity contribution in [2.75, 3.05) is 7.11 Å². The van der Waals surface area contributed by atoms with Crippen LogP contribution in [0.4, 0.5) is 0 Å². The zero-order valence-electron chi connectivity index (χ0n) is 9.69. The molecule has 1 aromatic rings. The van der Waals surface area contributed by atoms with Crippen LogP contribution in [0.2, 0.25) is 0 Å². The van der Waals surface area contributed by atoms with Crippen molar-refractivity contribution in [3.63, 3.8) is 0 Å². The number of hydrogen-bond donors (Lipinski definition) is 3. The normalized spacial score (nSPS) is 26.5. The first-order valence-corrected chi connectivity index (χ1v) is 5.25. The van der Waals surface area contributed by atoms with E-state index < -0.39 is 0 Å². The van der Waals surface area contributed by atoms with Gasteiger partial charge in [-0.1, -0.05) is 13.8 Å². The Balaban J connectivity index is 2.41. The first kappa shape index (κ1) is 11.1. The molecule has 2 atom stereocenters. The summed E-state index contributed by atoms with van der Waals surface area (Å²) in [6.07, 6.45) is 0. The van der Waals surface area contributed by atoms with Gasteiger partial charge in [0.05, 0.1) is 7.11 Å². The average Bonchev–Trinajstić information content (AvgIpc) is 2.71. The Hall–Kier alpha value is -1.42. The van der Waals surface area contributed by atoms with Crippen molar-refractivity contribution in [1.82, 2.24) is 0 Å². The number of benzene rings is 1. The van der Waals surface area contributed by atoms with E-state index in [-0.39, 0.29) is 34.6 Å². The van der Waals surface area contributed by atoms with Gasteiger partial charge in [-0.25, -0.2) is 0 Å². The minimum Gasteiger partial charge on any atom is -0.504 e. The fraction of sp³-hybridized carbons (Fsp3) is 0.500. The van der Waals surface area contributed by atoms with Crippen LogP contribution in [-0.4, -0.2) is 23.4 Å². The number of hydrogen-bond acceptors (Lipinski definition) is 4. The van der Waals surface area contributed by atoms with Gasteiger partial charge in [-0.2, -0.15) is 0 Å². The van der Waals surface area contributed by atoms with Crippen LogP contribution in [0.15, 0.2) is 12.1 Å². The second-order valence-electron chi connectivity index (χ2n) is 4.92. The Morgan fingerprint density at radius 1 is 1.31 bits per heavy atom. The highest BCUT2D eigenvalue weighted by atomic mass is 16.5. The first-order chi connectivity index (χ1) is 7.39.